The monoisotopic (exact) mass is 295 g/mol. The van der Waals surface area contributed by atoms with Crippen LogP contribution in [0.2, 0.25) is 0 Å². The maximum Gasteiger partial charge on any atom is 0.186 e. The lowest BCUT2D eigenvalue weighted by atomic mass is 10.1. The number of aryl methyl sites for hydroxylation is 1. The molecule has 2 nitrogen and oxygen atoms in total. The first kappa shape index (κ1) is 11.5. The van der Waals surface area contributed by atoms with Gasteiger partial charge in [-0.2, -0.15) is 0 Å². The van der Waals surface area contributed by atoms with Gasteiger partial charge in [-0.3, -0.25) is 4.79 Å². The number of benzene rings is 1. The third-order valence-corrected chi connectivity index (χ3v) is 3.43. The van der Waals surface area contributed by atoms with Gasteiger partial charge in [-0.05, 0) is 24.6 Å². The van der Waals surface area contributed by atoms with E-state index in [-0.39, 0.29) is 5.78 Å². The second-order valence-corrected chi connectivity index (χ2v) is 5.46. The Hall–Kier alpha value is -1.000. The number of thiazole rings is 1. The summed E-state index contributed by atoms with van der Waals surface area (Å²) in [6.45, 7) is 1.90. The highest BCUT2D eigenvalue weighted by molar-refractivity contribution is 9.10. The van der Waals surface area contributed by atoms with E-state index in [1.54, 1.807) is 0 Å². The summed E-state index contributed by atoms with van der Waals surface area (Å²) >= 11 is 4.89. The molecular formula is C12H10BrNOS. The van der Waals surface area contributed by atoms with Gasteiger partial charge < -0.3 is 0 Å². The summed E-state index contributed by atoms with van der Waals surface area (Å²) in [6, 6.07) is 7.78. The Balaban J connectivity index is 2.13. The number of nitrogens with zero attached hydrogens (tertiary/aromatic N) is 1. The number of ketones is 1. The molecule has 0 saturated heterocycles. The Morgan fingerprint density at radius 2 is 2.31 bits per heavy atom. The fraction of sp³-hybridized carbons (Fsp3) is 0.167. The first-order valence-corrected chi connectivity index (χ1v) is 6.52. The van der Waals surface area contributed by atoms with E-state index in [9.17, 15) is 4.79 Å². The molecule has 0 radical (unpaired) electrons. The summed E-state index contributed by atoms with van der Waals surface area (Å²) in [5.41, 5.74) is 1.58. The van der Waals surface area contributed by atoms with Crippen LogP contribution in [0.1, 0.15) is 21.1 Å². The van der Waals surface area contributed by atoms with Gasteiger partial charge in [-0.25, -0.2) is 4.98 Å². The SMILES string of the molecule is Cc1nc(C(=O)Cc2cccc(Br)c2)cs1. The zero-order valence-corrected chi connectivity index (χ0v) is 11.1. The van der Waals surface area contributed by atoms with Crippen LogP contribution < -0.4 is 0 Å². The van der Waals surface area contributed by atoms with E-state index in [0.29, 0.717) is 12.1 Å². The first-order valence-electron chi connectivity index (χ1n) is 4.85. The highest BCUT2D eigenvalue weighted by Gasteiger charge is 2.10. The number of hydrogen-bond acceptors (Lipinski definition) is 3. The van der Waals surface area contributed by atoms with Crippen molar-refractivity contribution in [3.63, 3.8) is 0 Å². The molecule has 4 heteroatoms. The van der Waals surface area contributed by atoms with Crippen LogP contribution in [0.4, 0.5) is 0 Å². The summed E-state index contributed by atoms with van der Waals surface area (Å²) in [5, 5.41) is 2.74. The molecule has 0 amide bonds. The molecule has 0 aliphatic carbocycles. The van der Waals surface area contributed by atoms with Crippen molar-refractivity contribution >= 4 is 33.0 Å². The Kier molecular flexibility index (Phi) is 3.51. The molecule has 2 rings (SSSR count). The second-order valence-electron chi connectivity index (χ2n) is 3.48. The van der Waals surface area contributed by atoms with E-state index in [4.69, 9.17) is 0 Å². The van der Waals surface area contributed by atoms with Crippen molar-refractivity contribution in [2.75, 3.05) is 0 Å². The molecule has 16 heavy (non-hydrogen) atoms. The average Bonchev–Trinajstić information content (AvgIpc) is 2.65. The lowest BCUT2D eigenvalue weighted by molar-refractivity contribution is 0.0989. The Morgan fingerprint density at radius 1 is 1.50 bits per heavy atom. The quantitative estimate of drug-likeness (QED) is 0.809. The van der Waals surface area contributed by atoms with Crippen LogP contribution in [0, 0.1) is 6.92 Å². The van der Waals surface area contributed by atoms with Crippen molar-refractivity contribution in [2.45, 2.75) is 13.3 Å². The van der Waals surface area contributed by atoms with Gasteiger partial charge in [0.1, 0.15) is 5.69 Å². The fourth-order valence-corrected chi connectivity index (χ4v) is 2.48. The minimum absolute atomic E-state index is 0.0717. The molecule has 0 unspecified atom stereocenters. The summed E-state index contributed by atoms with van der Waals surface area (Å²) < 4.78 is 0.993. The summed E-state index contributed by atoms with van der Waals surface area (Å²) in [6.07, 6.45) is 0.405. The summed E-state index contributed by atoms with van der Waals surface area (Å²) in [4.78, 5) is 16.1. The van der Waals surface area contributed by atoms with E-state index in [1.165, 1.54) is 11.3 Å². The van der Waals surface area contributed by atoms with E-state index in [2.05, 4.69) is 20.9 Å². The van der Waals surface area contributed by atoms with Gasteiger partial charge >= 0.3 is 0 Å². The maximum absolute atomic E-state index is 11.9. The van der Waals surface area contributed by atoms with Crippen LogP contribution >= 0.6 is 27.3 Å². The summed E-state index contributed by atoms with van der Waals surface area (Å²) in [7, 11) is 0. The van der Waals surface area contributed by atoms with Gasteiger partial charge in [0.05, 0.1) is 5.01 Å². The minimum Gasteiger partial charge on any atom is -0.292 e. The minimum atomic E-state index is 0.0717. The van der Waals surface area contributed by atoms with Crippen molar-refractivity contribution in [3.8, 4) is 0 Å². The predicted molar refractivity (Wildman–Crippen MR) is 69.0 cm³/mol. The van der Waals surface area contributed by atoms with Gasteiger partial charge in [0.25, 0.3) is 0 Å². The molecule has 1 heterocycles. The Bertz CT molecular complexity index is 521. The number of rotatable bonds is 3. The van der Waals surface area contributed by atoms with Crippen molar-refractivity contribution < 1.29 is 4.79 Å². The molecular weight excluding hydrogens is 286 g/mol. The lowest BCUT2D eigenvalue weighted by Crippen LogP contribution is -2.03. The second kappa shape index (κ2) is 4.89. The van der Waals surface area contributed by atoms with Crippen LogP contribution in [0.25, 0.3) is 0 Å². The number of aromatic nitrogens is 1. The molecule has 1 aromatic heterocycles. The highest BCUT2D eigenvalue weighted by Crippen LogP contribution is 2.15. The van der Waals surface area contributed by atoms with Crippen LogP contribution in [-0.4, -0.2) is 10.8 Å². The molecule has 0 fully saturated rings. The summed E-state index contributed by atoms with van der Waals surface area (Å²) in [5.74, 6) is 0.0717. The molecule has 1 aromatic carbocycles. The predicted octanol–water partition coefficient (Wildman–Crippen LogP) is 3.64. The van der Waals surface area contributed by atoms with Crippen molar-refractivity contribution in [1.29, 1.82) is 0 Å². The highest BCUT2D eigenvalue weighted by atomic mass is 79.9. The largest absolute Gasteiger partial charge is 0.292 e. The smallest absolute Gasteiger partial charge is 0.186 e. The zero-order valence-electron chi connectivity index (χ0n) is 8.74. The van der Waals surface area contributed by atoms with E-state index < -0.39 is 0 Å². The third kappa shape index (κ3) is 2.77. The molecule has 0 aliphatic heterocycles. The standard InChI is InChI=1S/C12H10BrNOS/c1-8-14-11(7-16-8)12(15)6-9-3-2-4-10(13)5-9/h2-5,7H,6H2,1H3. The van der Waals surface area contributed by atoms with Crippen LogP contribution in [0.5, 0.6) is 0 Å². The molecule has 0 atom stereocenters. The van der Waals surface area contributed by atoms with Crippen molar-refractivity contribution in [1.82, 2.24) is 4.98 Å². The molecule has 82 valence electrons. The van der Waals surface area contributed by atoms with Gasteiger partial charge in [0, 0.05) is 16.3 Å². The molecule has 0 N–H and O–H groups in total. The van der Waals surface area contributed by atoms with Gasteiger partial charge in [0.2, 0.25) is 0 Å². The third-order valence-electron chi connectivity index (χ3n) is 2.16. The number of carbonyl (C=O) groups is 1. The van der Waals surface area contributed by atoms with Crippen LogP contribution in [0.3, 0.4) is 0 Å². The molecule has 0 spiro atoms. The topological polar surface area (TPSA) is 30.0 Å². The van der Waals surface area contributed by atoms with Gasteiger partial charge in [-0.15, -0.1) is 11.3 Å². The average molecular weight is 296 g/mol. The Morgan fingerprint density at radius 3 is 2.94 bits per heavy atom. The first-order chi connectivity index (χ1) is 7.65. The van der Waals surface area contributed by atoms with Crippen LogP contribution in [-0.2, 0) is 6.42 Å². The normalized spacial score (nSPS) is 10.4. The number of halogens is 1. The molecule has 2 aromatic rings. The van der Waals surface area contributed by atoms with Crippen LogP contribution in [0.15, 0.2) is 34.1 Å². The number of carbonyl (C=O) groups excluding carboxylic acids is 1. The van der Waals surface area contributed by atoms with Gasteiger partial charge in [-0.1, -0.05) is 28.1 Å². The molecule has 0 bridgehead atoms. The van der Waals surface area contributed by atoms with Crippen molar-refractivity contribution in [3.05, 3.63) is 50.4 Å². The molecule has 0 aliphatic rings. The Labute approximate surface area is 106 Å². The fourth-order valence-electron chi connectivity index (χ4n) is 1.41. The van der Waals surface area contributed by atoms with E-state index in [1.807, 2.05) is 36.6 Å². The maximum atomic E-state index is 11.9. The van der Waals surface area contributed by atoms with E-state index in [0.717, 1.165) is 15.0 Å². The van der Waals surface area contributed by atoms with Crippen molar-refractivity contribution in [2.24, 2.45) is 0 Å². The lowest BCUT2D eigenvalue weighted by Gasteiger charge is -1.99. The molecule has 0 saturated carbocycles. The van der Waals surface area contributed by atoms with Gasteiger partial charge in [0.15, 0.2) is 5.78 Å². The zero-order chi connectivity index (χ0) is 11.5. The van der Waals surface area contributed by atoms with E-state index >= 15 is 0 Å². The number of hydrogen-bond donors (Lipinski definition) is 0. The number of Topliss-reactive ketones (excluding diaryl/α,β-unsaturated/α-hetero) is 1.